The van der Waals surface area contributed by atoms with Gasteiger partial charge >= 0.3 is 0 Å². The van der Waals surface area contributed by atoms with Crippen LogP contribution in [0.4, 0.5) is 0 Å². The third-order valence-corrected chi connectivity index (χ3v) is 4.14. The third-order valence-electron chi connectivity index (χ3n) is 2.59. The number of rotatable bonds is 5. The zero-order valence-electron chi connectivity index (χ0n) is 10.5. The van der Waals surface area contributed by atoms with Crippen LogP contribution in [0.3, 0.4) is 0 Å². The Morgan fingerprint density at radius 3 is 2.78 bits per heavy atom. The topological polar surface area (TPSA) is 21.3 Å². The van der Waals surface area contributed by atoms with Gasteiger partial charge in [0.2, 0.25) is 0 Å². The summed E-state index contributed by atoms with van der Waals surface area (Å²) in [4.78, 5) is 2.58. The Morgan fingerprint density at radius 2 is 2.00 bits per heavy atom. The largest absolute Gasteiger partial charge is 0.488 e. The number of thiophene rings is 1. The van der Waals surface area contributed by atoms with E-state index in [1.807, 2.05) is 19.2 Å². The molecule has 96 valence electrons. The normalized spacial score (nSPS) is 10.6. The fraction of sp³-hybridized carbons (Fsp3) is 0.286. The van der Waals surface area contributed by atoms with Crippen molar-refractivity contribution in [1.82, 2.24) is 5.32 Å². The molecular weight excluding hydrogens is 310 g/mol. The van der Waals surface area contributed by atoms with Gasteiger partial charge in [-0.3, -0.25) is 0 Å². The van der Waals surface area contributed by atoms with Crippen LogP contribution < -0.4 is 10.1 Å². The van der Waals surface area contributed by atoms with Crippen molar-refractivity contribution in [2.75, 3.05) is 7.05 Å². The summed E-state index contributed by atoms with van der Waals surface area (Å²) in [6.07, 6.45) is 0. The second kappa shape index (κ2) is 6.36. The van der Waals surface area contributed by atoms with Crippen LogP contribution in [0.1, 0.15) is 15.3 Å². The Morgan fingerprint density at radius 1 is 1.22 bits per heavy atom. The summed E-state index contributed by atoms with van der Waals surface area (Å²) in [7, 11) is 1.96. The lowest BCUT2D eigenvalue weighted by Gasteiger charge is -2.08. The molecule has 1 aromatic heterocycles. The lowest BCUT2D eigenvalue weighted by molar-refractivity contribution is 0.307. The Balaban J connectivity index is 1.99. The van der Waals surface area contributed by atoms with Crippen molar-refractivity contribution in [3.8, 4) is 5.75 Å². The van der Waals surface area contributed by atoms with E-state index in [0.717, 1.165) is 22.3 Å². The summed E-state index contributed by atoms with van der Waals surface area (Å²) in [5.74, 6) is 0.938. The van der Waals surface area contributed by atoms with Gasteiger partial charge in [-0.15, -0.1) is 11.3 Å². The van der Waals surface area contributed by atoms with E-state index in [2.05, 4.69) is 46.4 Å². The molecule has 0 radical (unpaired) electrons. The molecule has 1 N–H and O–H groups in total. The van der Waals surface area contributed by atoms with Crippen molar-refractivity contribution in [1.29, 1.82) is 0 Å². The molecule has 0 bridgehead atoms. The van der Waals surface area contributed by atoms with Crippen molar-refractivity contribution in [3.05, 3.63) is 50.1 Å². The second-order valence-corrected chi connectivity index (χ2v) is 6.27. The summed E-state index contributed by atoms with van der Waals surface area (Å²) in [5.41, 5.74) is 1.16. The Bertz CT molecular complexity index is 524. The van der Waals surface area contributed by atoms with E-state index >= 15 is 0 Å². The van der Waals surface area contributed by atoms with Gasteiger partial charge in [0.25, 0.3) is 0 Å². The first-order valence-electron chi connectivity index (χ1n) is 5.80. The number of halogens is 1. The van der Waals surface area contributed by atoms with Crippen molar-refractivity contribution >= 4 is 27.3 Å². The Labute approximate surface area is 120 Å². The van der Waals surface area contributed by atoms with Crippen LogP contribution in [-0.4, -0.2) is 7.05 Å². The zero-order valence-corrected chi connectivity index (χ0v) is 12.9. The minimum absolute atomic E-state index is 0.631. The molecule has 0 saturated heterocycles. The maximum atomic E-state index is 5.86. The van der Waals surface area contributed by atoms with Gasteiger partial charge in [0.05, 0.1) is 0 Å². The molecule has 1 aromatic carbocycles. The molecule has 1 heterocycles. The Kier molecular flexibility index (Phi) is 4.80. The quantitative estimate of drug-likeness (QED) is 0.892. The molecule has 0 aliphatic rings. The van der Waals surface area contributed by atoms with E-state index in [-0.39, 0.29) is 0 Å². The average molecular weight is 326 g/mol. The number of hydrogen-bond donors (Lipinski definition) is 1. The molecule has 18 heavy (non-hydrogen) atoms. The van der Waals surface area contributed by atoms with Gasteiger partial charge in [-0.25, -0.2) is 0 Å². The standard InChI is InChI=1S/C14H16BrNOS/c1-10-3-4-11(15)7-14(10)17-9-13-6-5-12(18-13)8-16-2/h3-7,16H,8-9H2,1-2H3. The van der Waals surface area contributed by atoms with Gasteiger partial charge in [-0.2, -0.15) is 0 Å². The minimum atomic E-state index is 0.631. The molecule has 0 amide bonds. The summed E-state index contributed by atoms with van der Waals surface area (Å²) >= 11 is 5.25. The summed E-state index contributed by atoms with van der Waals surface area (Å²) in [6, 6.07) is 10.4. The number of ether oxygens (including phenoxy) is 1. The summed E-state index contributed by atoms with van der Waals surface area (Å²) in [6.45, 7) is 3.61. The average Bonchev–Trinajstić information content (AvgIpc) is 2.79. The van der Waals surface area contributed by atoms with Crippen LogP contribution in [0.5, 0.6) is 5.75 Å². The smallest absolute Gasteiger partial charge is 0.123 e. The summed E-state index contributed by atoms with van der Waals surface area (Å²) < 4.78 is 6.90. The fourth-order valence-corrected chi connectivity index (χ4v) is 2.93. The van der Waals surface area contributed by atoms with Gasteiger partial charge < -0.3 is 10.1 Å². The highest BCUT2D eigenvalue weighted by Gasteiger charge is 2.03. The molecule has 2 aromatic rings. The first-order chi connectivity index (χ1) is 8.69. The molecule has 0 fully saturated rings. The molecule has 4 heteroatoms. The van der Waals surface area contributed by atoms with Gasteiger partial charge in [0.1, 0.15) is 12.4 Å². The maximum absolute atomic E-state index is 5.86. The highest BCUT2D eigenvalue weighted by Crippen LogP contribution is 2.25. The molecule has 0 atom stereocenters. The number of aryl methyl sites for hydroxylation is 1. The third kappa shape index (κ3) is 3.57. The molecular formula is C14H16BrNOS. The maximum Gasteiger partial charge on any atom is 0.123 e. The monoisotopic (exact) mass is 325 g/mol. The van der Waals surface area contributed by atoms with Crippen molar-refractivity contribution in [3.63, 3.8) is 0 Å². The summed E-state index contributed by atoms with van der Waals surface area (Å²) in [5, 5.41) is 3.15. The molecule has 2 nitrogen and oxygen atoms in total. The zero-order chi connectivity index (χ0) is 13.0. The highest BCUT2D eigenvalue weighted by molar-refractivity contribution is 9.10. The predicted molar refractivity (Wildman–Crippen MR) is 80.3 cm³/mol. The van der Waals surface area contributed by atoms with Gasteiger partial charge in [-0.05, 0) is 43.8 Å². The highest BCUT2D eigenvalue weighted by atomic mass is 79.9. The Hall–Kier alpha value is -0.840. The van der Waals surface area contributed by atoms with Crippen molar-refractivity contribution in [2.24, 2.45) is 0 Å². The van der Waals surface area contributed by atoms with E-state index in [1.165, 1.54) is 9.75 Å². The second-order valence-electron chi connectivity index (χ2n) is 4.10. The first kappa shape index (κ1) is 13.6. The van der Waals surface area contributed by atoms with E-state index in [9.17, 15) is 0 Å². The van der Waals surface area contributed by atoms with Gasteiger partial charge in [0.15, 0.2) is 0 Å². The van der Waals surface area contributed by atoms with Crippen LogP contribution in [-0.2, 0) is 13.2 Å². The lowest BCUT2D eigenvalue weighted by Crippen LogP contribution is -2.02. The predicted octanol–water partition coefficient (Wildman–Crippen LogP) is 4.12. The number of benzene rings is 1. The van der Waals surface area contributed by atoms with Crippen molar-refractivity contribution < 1.29 is 4.74 Å². The van der Waals surface area contributed by atoms with Crippen LogP contribution in [0.2, 0.25) is 0 Å². The molecule has 0 saturated carbocycles. The molecule has 0 aliphatic carbocycles. The lowest BCUT2D eigenvalue weighted by atomic mass is 10.2. The van der Waals surface area contributed by atoms with E-state index in [0.29, 0.717) is 6.61 Å². The number of nitrogens with one attached hydrogen (secondary N) is 1. The van der Waals surface area contributed by atoms with Crippen LogP contribution in [0, 0.1) is 6.92 Å². The van der Waals surface area contributed by atoms with Crippen LogP contribution in [0.25, 0.3) is 0 Å². The fourth-order valence-electron chi connectivity index (χ4n) is 1.65. The minimum Gasteiger partial charge on any atom is -0.488 e. The molecule has 2 rings (SSSR count). The van der Waals surface area contributed by atoms with Gasteiger partial charge in [-0.1, -0.05) is 22.0 Å². The van der Waals surface area contributed by atoms with E-state index in [4.69, 9.17) is 4.74 Å². The van der Waals surface area contributed by atoms with Gasteiger partial charge in [0, 0.05) is 20.8 Å². The van der Waals surface area contributed by atoms with E-state index in [1.54, 1.807) is 11.3 Å². The van der Waals surface area contributed by atoms with Crippen molar-refractivity contribution in [2.45, 2.75) is 20.1 Å². The molecule has 0 unspecified atom stereocenters. The molecule has 0 spiro atoms. The number of hydrogen-bond acceptors (Lipinski definition) is 3. The van der Waals surface area contributed by atoms with Crippen LogP contribution >= 0.6 is 27.3 Å². The van der Waals surface area contributed by atoms with E-state index < -0.39 is 0 Å². The first-order valence-corrected chi connectivity index (χ1v) is 7.41. The molecule has 0 aliphatic heterocycles. The van der Waals surface area contributed by atoms with Crippen LogP contribution in [0.15, 0.2) is 34.8 Å². The SMILES string of the molecule is CNCc1ccc(COc2cc(Br)ccc2C)s1.